The maximum Gasteiger partial charge on any atom is 0.359 e. The SMILES string of the molecule is CCOC(=O)C(O)(CCCC(C)C)NC(=O)[C@H](Cc1cn(C(=O)[C@@H](N)Cc2ccccc2)cn1)NC(=O)CCCc1ccccc1. The van der Waals surface area contributed by atoms with E-state index in [9.17, 15) is 24.3 Å². The van der Waals surface area contributed by atoms with Crippen LogP contribution in [-0.4, -0.2) is 62.8 Å². The molecule has 1 heterocycles. The fourth-order valence-electron chi connectivity index (χ4n) is 5.04. The summed E-state index contributed by atoms with van der Waals surface area (Å²) in [5, 5.41) is 16.5. The number of amides is 2. The molecule has 3 rings (SSSR count). The van der Waals surface area contributed by atoms with Crippen molar-refractivity contribution in [2.45, 2.75) is 89.9 Å². The third-order valence-corrected chi connectivity index (χ3v) is 7.55. The van der Waals surface area contributed by atoms with Gasteiger partial charge in [-0.25, -0.2) is 9.78 Å². The number of nitrogens with zero attached hydrogens (tertiary/aromatic N) is 2. The summed E-state index contributed by atoms with van der Waals surface area (Å²) in [6, 6.07) is 17.1. The van der Waals surface area contributed by atoms with Crippen LogP contribution in [0.3, 0.4) is 0 Å². The zero-order valence-corrected chi connectivity index (χ0v) is 27.0. The molecule has 248 valence electrons. The van der Waals surface area contributed by atoms with Crippen LogP contribution in [0.4, 0.5) is 0 Å². The lowest BCUT2D eigenvalue weighted by molar-refractivity contribution is -0.173. The van der Waals surface area contributed by atoms with E-state index in [2.05, 4.69) is 15.6 Å². The first-order valence-corrected chi connectivity index (χ1v) is 15.9. The number of ether oxygens (including phenoxy) is 1. The van der Waals surface area contributed by atoms with Gasteiger partial charge in [-0.05, 0) is 49.7 Å². The number of esters is 1. The summed E-state index contributed by atoms with van der Waals surface area (Å²) >= 11 is 0. The number of hydrogen-bond donors (Lipinski definition) is 4. The van der Waals surface area contributed by atoms with Gasteiger partial charge >= 0.3 is 5.97 Å². The molecule has 3 aromatic rings. The smallest absolute Gasteiger partial charge is 0.359 e. The summed E-state index contributed by atoms with van der Waals surface area (Å²) in [5.74, 6) is -2.18. The number of aryl methyl sites for hydroxylation is 1. The van der Waals surface area contributed by atoms with E-state index in [4.69, 9.17) is 10.5 Å². The van der Waals surface area contributed by atoms with Gasteiger partial charge in [0.05, 0.1) is 18.3 Å². The minimum atomic E-state index is -2.28. The van der Waals surface area contributed by atoms with Crippen LogP contribution in [0, 0.1) is 5.92 Å². The third kappa shape index (κ3) is 11.5. The Labute approximate surface area is 270 Å². The summed E-state index contributed by atoms with van der Waals surface area (Å²) < 4.78 is 6.34. The molecule has 0 aliphatic carbocycles. The number of aromatic nitrogens is 2. The van der Waals surface area contributed by atoms with E-state index in [1.54, 1.807) is 6.92 Å². The maximum atomic E-state index is 13.6. The molecule has 0 fully saturated rings. The van der Waals surface area contributed by atoms with Crippen molar-refractivity contribution in [3.05, 3.63) is 90.0 Å². The molecule has 2 aromatic carbocycles. The number of benzene rings is 2. The first kappa shape index (κ1) is 36.1. The van der Waals surface area contributed by atoms with Crippen molar-refractivity contribution < 1.29 is 29.0 Å². The zero-order chi connectivity index (χ0) is 33.5. The number of nitrogens with one attached hydrogen (secondary N) is 2. The van der Waals surface area contributed by atoms with Gasteiger partial charge in [-0.15, -0.1) is 0 Å². The van der Waals surface area contributed by atoms with Gasteiger partial charge in [-0.2, -0.15) is 0 Å². The Morgan fingerprint density at radius 3 is 2.26 bits per heavy atom. The number of nitrogens with two attached hydrogens (primary N) is 1. The second-order valence-corrected chi connectivity index (χ2v) is 11.9. The Morgan fingerprint density at radius 2 is 1.63 bits per heavy atom. The van der Waals surface area contributed by atoms with Crippen LogP contribution in [0.25, 0.3) is 0 Å². The highest BCUT2D eigenvalue weighted by molar-refractivity contribution is 5.92. The molecule has 0 saturated heterocycles. The molecule has 1 unspecified atom stereocenters. The van der Waals surface area contributed by atoms with Gasteiger partial charge in [0.1, 0.15) is 12.4 Å². The molecule has 0 bridgehead atoms. The first-order valence-electron chi connectivity index (χ1n) is 15.9. The van der Waals surface area contributed by atoms with Crippen molar-refractivity contribution in [2.75, 3.05) is 6.61 Å². The Kier molecular flexibility index (Phi) is 14.1. The molecular weight excluding hydrogens is 586 g/mol. The summed E-state index contributed by atoms with van der Waals surface area (Å²) in [4.78, 5) is 56.8. The van der Waals surface area contributed by atoms with Gasteiger partial charge in [-0.3, -0.25) is 19.0 Å². The fraction of sp³-hybridized carbons (Fsp3) is 0.457. The lowest BCUT2D eigenvalue weighted by Gasteiger charge is -2.29. The Morgan fingerprint density at radius 1 is 0.978 bits per heavy atom. The summed E-state index contributed by atoms with van der Waals surface area (Å²) in [5.41, 5.74) is 6.25. The highest BCUT2D eigenvalue weighted by Gasteiger charge is 2.40. The van der Waals surface area contributed by atoms with Crippen molar-refractivity contribution >= 4 is 23.7 Å². The predicted octanol–water partition coefficient (Wildman–Crippen LogP) is 3.34. The van der Waals surface area contributed by atoms with E-state index in [0.29, 0.717) is 37.3 Å². The standard InChI is InChI=1S/C35H47N5O6/c1-4-46-34(44)35(45,20-12-13-25(2)3)39-32(42)30(38-31(41)19-11-18-26-14-7-5-8-15-26)22-28-23-40(24-37-28)33(43)29(36)21-27-16-9-6-10-17-27/h5-10,14-17,23-25,29-30,45H,4,11-13,18-22,36H2,1-3H3,(H,38,41)(H,39,42)/t29-,30-,35?/m0/s1. The lowest BCUT2D eigenvalue weighted by Crippen LogP contribution is -2.60. The second kappa shape index (κ2) is 18.0. The van der Waals surface area contributed by atoms with Gasteiger partial charge in [0.2, 0.25) is 23.4 Å². The maximum absolute atomic E-state index is 13.6. The molecule has 3 atom stereocenters. The van der Waals surface area contributed by atoms with E-state index in [1.165, 1.54) is 17.1 Å². The van der Waals surface area contributed by atoms with Crippen molar-refractivity contribution in [3.8, 4) is 0 Å². The van der Waals surface area contributed by atoms with E-state index in [-0.39, 0.29) is 37.7 Å². The van der Waals surface area contributed by atoms with Crippen molar-refractivity contribution in [3.63, 3.8) is 0 Å². The molecule has 0 spiro atoms. The topological polar surface area (TPSA) is 166 Å². The van der Waals surface area contributed by atoms with Gasteiger partial charge in [0.15, 0.2) is 0 Å². The van der Waals surface area contributed by atoms with E-state index < -0.39 is 29.7 Å². The summed E-state index contributed by atoms with van der Waals surface area (Å²) in [7, 11) is 0. The van der Waals surface area contributed by atoms with Crippen LogP contribution < -0.4 is 16.4 Å². The molecule has 0 aliphatic heterocycles. The normalized spacial score (nSPS) is 13.8. The van der Waals surface area contributed by atoms with Crippen LogP contribution in [0.2, 0.25) is 0 Å². The molecule has 11 heteroatoms. The molecule has 0 radical (unpaired) electrons. The monoisotopic (exact) mass is 633 g/mol. The van der Waals surface area contributed by atoms with Gasteiger partial charge in [-0.1, -0.05) is 80.9 Å². The molecule has 2 amide bonds. The highest BCUT2D eigenvalue weighted by atomic mass is 16.6. The number of rotatable bonds is 18. The number of carbonyl (C=O) groups excluding carboxylic acids is 4. The van der Waals surface area contributed by atoms with Crippen LogP contribution >= 0.6 is 0 Å². The predicted molar refractivity (Wildman–Crippen MR) is 174 cm³/mol. The second-order valence-electron chi connectivity index (χ2n) is 11.9. The molecule has 0 saturated carbocycles. The minimum Gasteiger partial charge on any atom is -0.462 e. The number of hydrogen-bond acceptors (Lipinski definition) is 8. The van der Waals surface area contributed by atoms with E-state index in [0.717, 1.165) is 17.5 Å². The number of imidazole rings is 1. The molecule has 1 aromatic heterocycles. The third-order valence-electron chi connectivity index (χ3n) is 7.55. The van der Waals surface area contributed by atoms with Crippen LogP contribution in [0.15, 0.2) is 73.2 Å². The van der Waals surface area contributed by atoms with Gasteiger partial charge in [0.25, 0.3) is 0 Å². The van der Waals surface area contributed by atoms with Gasteiger partial charge in [0, 0.05) is 25.5 Å². The van der Waals surface area contributed by atoms with Gasteiger partial charge < -0.3 is 26.2 Å². The first-order chi connectivity index (χ1) is 22.0. The summed E-state index contributed by atoms with van der Waals surface area (Å²) in [6.45, 7) is 5.66. The lowest BCUT2D eigenvalue weighted by atomic mass is 9.99. The largest absolute Gasteiger partial charge is 0.462 e. The van der Waals surface area contributed by atoms with Crippen LogP contribution in [0.5, 0.6) is 0 Å². The van der Waals surface area contributed by atoms with E-state index >= 15 is 0 Å². The number of aliphatic hydroxyl groups is 1. The summed E-state index contributed by atoms with van der Waals surface area (Å²) in [6.07, 6.45) is 5.52. The average molecular weight is 634 g/mol. The quantitative estimate of drug-likeness (QED) is 0.122. The molecule has 0 aliphatic rings. The Bertz CT molecular complexity index is 1410. The Balaban J connectivity index is 1.75. The Hall–Kier alpha value is -4.35. The van der Waals surface area contributed by atoms with Crippen molar-refractivity contribution in [1.82, 2.24) is 20.2 Å². The molecule has 5 N–H and O–H groups in total. The highest BCUT2D eigenvalue weighted by Crippen LogP contribution is 2.18. The number of carbonyl (C=O) groups is 4. The zero-order valence-electron chi connectivity index (χ0n) is 27.0. The average Bonchev–Trinajstić information content (AvgIpc) is 3.49. The molecule has 11 nitrogen and oxygen atoms in total. The van der Waals surface area contributed by atoms with Crippen LogP contribution in [-0.2, 0) is 38.4 Å². The molecular formula is C35H47N5O6. The van der Waals surface area contributed by atoms with E-state index in [1.807, 2.05) is 74.5 Å². The van der Waals surface area contributed by atoms with Crippen LogP contribution in [0.1, 0.15) is 74.5 Å². The molecule has 46 heavy (non-hydrogen) atoms. The van der Waals surface area contributed by atoms with Crippen molar-refractivity contribution in [2.24, 2.45) is 11.7 Å². The minimum absolute atomic E-state index is 0.0145. The fourth-order valence-corrected chi connectivity index (χ4v) is 5.04. The van der Waals surface area contributed by atoms with Crippen molar-refractivity contribution in [1.29, 1.82) is 0 Å².